The first-order valence-corrected chi connectivity index (χ1v) is 7.20. The van der Waals surface area contributed by atoms with E-state index in [1.54, 1.807) is 18.2 Å². The van der Waals surface area contributed by atoms with Crippen molar-refractivity contribution < 1.29 is 14.3 Å². The summed E-state index contributed by atoms with van der Waals surface area (Å²) in [5.74, 6) is 0.166. The van der Waals surface area contributed by atoms with E-state index in [1.807, 2.05) is 18.4 Å². The number of hydrogen-bond acceptors (Lipinski definition) is 4. The van der Waals surface area contributed by atoms with Crippen LogP contribution in [0.3, 0.4) is 0 Å². The van der Waals surface area contributed by atoms with E-state index < -0.39 is 0 Å². The summed E-state index contributed by atoms with van der Waals surface area (Å²) in [6.07, 6.45) is 0. The normalized spacial score (nSPS) is 10.0. The van der Waals surface area contributed by atoms with Crippen LogP contribution in [0.2, 0.25) is 0 Å². The third-order valence-electron chi connectivity index (χ3n) is 2.84. The molecule has 0 atom stereocenters. The number of anilines is 2. The molecule has 2 rings (SSSR count). The van der Waals surface area contributed by atoms with Crippen molar-refractivity contribution in [2.24, 2.45) is 0 Å². The van der Waals surface area contributed by atoms with Crippen molar-refractivity contribution in [1.82, 2.24) is 0 Å². The van der Waals surface area contributed by atoms with Gasteiger partial charge in [0.25, 0.3) is 5.91 Å². The zero-order valence-electron chi connectivity index (χ0n) is 12.0. The fourth-order valence-electron chi connectivity index (χ4n) is 1.87. The average Bonchev–Trinajstić information content (AvgIpc) is 2.84. The van der Waals surface area contributed by atoms with E-state index in [-0.39, 0.29) is 11.8 Å². The highest BCUT2D eigenvalue weighted by Crippen LogP contribution is 2.29. The Morgan fingerprint density at radius 1 is 1.19 bits per heavy atom. The number of nitrogens with one attached hydrogen (secondary N) is 2. The molecule has 5 nitrogen and oxygen atoms in total. The van der Waals surface area contributed by atoms with E-state index in [0.29, 0.717) is 22.0 Å². The minimum absolute atomic E-state index is 0.174. The Hall–Kier alpha value is -2.34. The lowest BCUT2D eigenvalue weighted by atomic mass is 10.2. The zero-order valence-corrected chi connectivity index (χ0v) is 12.8. The van der Waals surface area contributed by atoms with Gasteiger partial charge in [0, 0.05) is 12.6 Å². The average molecular weight is 304 g/mol. The first-order chi connectivity index (χ1) is 10.0. The maximum atomic E-state index is 12.3. The minimum atomic E-state index is -0.194. The van der Waals surface area contributed by atoms with E-state index in [2.05, 4.69) is 10.6 Å². The number of benzene rings is 1. The Labute approximate surface area is 126 Å². The van der Waals surface area contributed by atoms with Crippen LogP contribution < -0.4 is 15.4 Å². The van der Waals surface area contributed by atoms with E-state index in [0.717, 1.165) is 5.56 Å². The Morgan fingerprint density at radius 3 is 2.52 bits per heavy atom. The molecule has 1 heterocycles. The van der Waals surface area contributed by atoms with Crippen LogP contribution >= 0.6 is 11.3 Å². The van der Waals surface area contributed by atoms with E-state index >= 15 is 0 Å². The van der Waals surface area contributed by atoms with Crippen molar-refractivity contribution in [3.63, 3.8) is 0 Å². The largest absolute Gasteiger partial charge is 0.495 e. The van der Waals surface area contributed by atoms with Gasteiger partial charge in [-0.2, -0.15) is 0 Å². The van der Waals surface area contributed by atoms with Gasteiger partial charge in [-0.25, -0.2) is 0 Å². The number of hydrogen-bond donors (Lipinski definition) is 2. The molecule has 21 heavy (non-hydrogen) atoms. The van der Waals surface area contributed by atoms with Crippen LogP contribution in [0.1, 0.15) is 22.2 Å². The molecule has 0 fully saturated rings. The maximum Gasteiger partial charge on any atom is 0.266 e. The van der Waals surface area contributed by atoms with Crippen LogP contribution in [0, 0.1) is 6.92 Å². The first kappa shape index (κ1) is 15.1. The Morgan fingerprint density at radius 2 is 1.95 bits per heavy atom. The summed E-state index contributed by atoms with van der Waals surface area (Å²) in [5.41, 5.74) is 2.04. The van der Waals surface area contributed by atoms with Crippen LogP contribution in [-0.2, 0) is 4.79 Å². The molecule has 6 heteroatoms. The van der Waals surface area contributed by atoms with Gasteiger partial charge in [0.1, 0.15) is 5.75 Å². The zero-order chi connectivity index (χ0) is 15.4. The van der Waals surface area contributed by atoms with Gasteiger partial charge in [0.05, 0.1) is 17.7 Å². The number of carbonyl (C=O) groups is 2. The minimum Gasteiger partial charge on any atom is -0.495 e. The summed E-state index contributed by atoms with van der Waals surface area (Å²) in [4.78, 5) is 24.0. The van der Waals surface area contributed by atoms with Gasteiger partial charge < -0.3 is 15.4 Å². The highest BCUT2D eigenvalue weighted by Gasteiger charge is 2.14. The van der Waals surface area contributed by atoms with Gasteiger partial charge in [0.2, 0.25) is 5.91 Å². The van der Waals surface area contributed by atoms with Gasteiger partial charge in [0.15, 0.2) is 0 Å². The Bertz CT molecular complexity index is 679. The van der Waals surface area contributed by atoms with Crippen LogP contribution in [0.4, 0.5) is 11.4 Å². The van der Waals surface area contributed by atoms with E-state index in [1.165, 1.54) is 25.4 Å². The van der Waals surface area contributed by atoms with Crippen LogP contribution in [0.5, 0.6) is 5.75 Å². The van der Waals surface area contributed by atoms with E-state index in [9.17, 15) is 9.59 Å². The smallest absolute Gasteiger partial charge is 0.266 e. The molecule has 2 N–H and O–H groups in total. The molecule has 0 bridgehead atoms. The molecule has 0 aliphatic carbocycles. The second-order valence-corrected chi connectivity index (χ2v) is 5.40. The number of ether oxygens (including phenoxy) is 1. The molecule has 0 aliphatic heterocycles. The number of rotatable bonds is 4. The van der Waals surface area contributed by atoms with Gasteiger partial charge in [-0.15, -0.1) is 11.3 Å². The summed E-state index contributed by atoms with van der Waals surface area (Å²) in [6, 6.07) is 6.97. The van der Waals surface area contributed by atoms with Crippen LogP contribution in [0.25, 0.3) is 0 Å². The van der Waals surface area contributed by atoms with Gasteiger partial charge in [-0.05, 0) is 42.1 Å². The third-order valence-corrected chi connectivity index (χ3v) is 3.85. The molecule has 110 valence electrons. The second-order valence-electron chi connectivity index (χ2n) is 4.48. The van der Waals surface area contributed by atoms with Gasteiger partial charge >= 0.3 is 0 Å². The summed E-state index contributed by atoms with van der Waals surface area (Å²) < 4.78 is 5.23. The number of thiophene rings is 1. The van der Waals surface area contributed by atoms with Crippen molar-refractivity contribution in [1.29, 1.82) is 0 Å². The van der Waals surface area contributed by atoms with Crippen molar-refractivity contribution in [3.8, 4) is 5.75 Å². The molecule has 0 radical (unpaired) electrons. The molecule has 0 spiro atoms. The number of carbonyl (C=O) groups excluding carboxylic acids is 2. The molecule has 1 aromatic carbocycles. The third kappa shape index (κ3) is 3.61. The van der Waals surface area contributed by atoms with Crippen LogP contribution in [0.15, 0.2) is 29.6 Å². The standard InChI is InChI=1S/C15H16N2O3S/c1-9-6-7-21-14(9)15(19)17-12-8-11(16-10(2)18)4-5-13(12)20-3/h4-8H,1-3H3,(H,16,18)(H,17,19). The number of amides is 2. The van der Waals surface area contributed by atoms with Gasteiger partial charge in [-0.1, -0.05) is 0 Å². The second kappa shape index (κ2) is 6.41. The molecule has 0 unspecified atom stereocenters. The van der Waals surface area contributed by atoms with Crippen molar-refractivity contribution >= 4 is 34.5 Å². The number of methoxy groups -OCH3 is 1. The molecule has 0 saturated carbocycles. The summed E-state index contributed by atoms with van der Waals surface area (Å²) in [5, 5.41) is 7.36. The highest BCUT2D eigenvalue weighted by atomic mass is 32.1. The SMILES string of the molecule is COc1ccc(NC(C)=O)cc1NC(=O)c1sccc1C. The molecular weight excluding hydrogens is 288 g/mol. The lowest BCUT2D eigenvalue weighted by Crippen LogP contribution is -2.13. The quantitative estimate of drug-likeness (QED) is 0.911. The molecule has 0 aliphatic rings. The predicted octanol–water partition coefficient (Wildman–Crippen LogP) is 3.28. The monoisotopic (exact) mass is 304 g/mol. The summed E-state index contributed by atoms with van der Waals surface area (Å²) in [7, 11) is 1.53. The Balaban J connectivity index is 2.27. The van der Waals surface area contributed by atoms with Crippen molar-refractivity contribution in [3.05, 3.63) is 40.1 Å². The Kier molecular flexibility index (Phi) is 4.59. The number of aryl methyl sites for hydroxylation is 1. The highest BCUT2D eigenvalue weighted by molar-refractivity contribution is 7.12. The predicted molar refractivity (Wildman–Crippen MR) is 84.3 cm³/mol. The molecular formula is C15H16N2O3S. The lowest BCUT2D eigenvalue weighted by molar-refractivity contribution is -0.114. The topological polar surface area (TPSA) is 67.4 Å². The molecule has 2 aromatic rings. The van der Waals surface area contributed by atoms with Crippen molar-refractivity contribution in [2.45, 2.75) is 13.8 Å². The van der Waals surface area contributed by atoms with Crippen LogP contribution in [-0.4, -0.2) is 18.9 Å². The fraction of sp³-hybridized carbons (Fsp3) is 0.200. The van der Waals surface area contributed by atoms with Gasteiger partial charge in [-0.3, -0.25) is 9.59 Å². The van der Waals surface area contributed by atoms with Crippen molar-refractivity contribution in [2.75, 3.05) is 17.7 Å². The molecule has 0 saturated heterocycles. The molecule has 2 amide bonds. The molecule has 1 aromatic heterocycles. The first-order valence-electron chi connectivity index (χ1n) is 6.32. The lowest BCUT2D eigenvalue weighted by Gasteiger charge is -2.12. The summed E-state index contributed by atoms with van der Waals surface area (Å²) in [6.45, 7) is 3.31. The fourth-order valence-corrected chi connectivity index (χ4v) is 2.69. The van der Waals surface area contributed by atoms with E-state index in [4.69, 9.17) is 4.74 Å². The summed E-state index contributed by atoms with van der Waals surface area (Å²) >= 11 is 1.38. The maximum absolute atomic E-state index is 12.3.